The zero-order chi connectivity index (χ0) is 21.5. The van der Waals surface area contributed by atoms with Crippen LogP contribution in [0.2, 0.25) is 0 Å². The number of carboxylic acids is 1. The van der Waals surface area contributed by atoms with E-state index in [9.17, 15) is 14.7 Å². The highest BCUT2D eigenvalue weighted by molar-refractivity contribution is 7.17. The summed E-state index contributed by atoms with van der Waals surface area (Å²) in [4.78, 5) is 24.8. The number of aromatic carboxylic acids is 1. The normalized spacial score (nSPS) is 11.4. The zero-order valence-corrected chi connectivity index (χ0v) is 17.7. The smallest absolute Gasteiger partial charge is 0.335 e. The van der Waals surface area contributed by atoms with E-state index in [4.69, 9.17) is 0 Å². The van der Waals surface area contributed by atoms with Crippen LogP contribution in [0.1, 0.15) is 27.0 Å². The molecule has 0 bridgehead atoms. The SMILES string of the molecule is Cc1cccc2scc(Cn3c(=O)n(Cc4cccc(C(=O)O)c4)c4ccccc43)c12. The Hall–Kier alpha value is -3.64. The molecule has 0 aliphatic carbocycles. The third-order valence-corrected chi connectivity index (χ3v) is 6.65. The molecule has 5 nitrogen and oxygen atoms in total. The minimum atomic E-state index is -0.976. The summed E-state index contributed by atoms with van der Waals surface area (Å²) < 4.78 is 4.75. The van der Waals surface area contributed by atoms with Crippen LogP contribution >= 0.6 is 11.3 Å². The summed E-state index contributed by atoms with van der Waals surface area (Å²) in [6.45, 7) is 2.91. The minimum absolute atomic E-state index is 0.102. The summed E-state index contributed by atoms with van der Waals surface area (Å²) in [6.07, 6.45) is 0. The molecule has 154 valence electrons. The highest BCUT2D eigenvalue weighted by Crippen LogP contribution is 2.30. The molecule has 31 heavy (non-hydrogen) atoms. The first-order chi connectivity index (χ1) is 15.0. The van der Waals surface area contributed by atoms with E-state index in [0.29, 0.717) is 13.1 Å². The van der Waals surface area contributed by atoms with Gasteiger partial charge in [0.05, 0.1) is 29.7 Å². The van der Waals surface area contributed by atoms with Crippen molar-refractivity contribution in [2.75, 3.05) is 0 Å². The Morgan fingerprint density at radius 3 is 2.39 bits per heavy atom. The number of hydrogen-bond acceptors (Lipinski definition) is 3. The Kier molecular flexibility index (Phi) is 4.71. The predicted molar refractivity (Wildman–Crippen MR) is 124 cm³/mol. The molecule has 0 aliphatic rings. The van der Waals surface area contributed by atoms with Crippen LogP contribution in [0.25, 0.3) is 21.1 Å². The molecule has 0 saturated carbocycles. The fourth-order valence-corrected chi connectivity index (χ4v) is 5.22. The van der Waals surface area contributed by atoms with Crippen molar-refractivity contribution in [1.82, 2.24) is 9.13 Å². The Morgan fingerprint density at radius 2 is 1.65 bits per heavy atom. The van der Waals surface area contributed by atoms with Crippen LogP contribution in [-0.2, 0) is 13.1 Å². The van der Waals surface area contributed by atoms with Gasteiger partial charge in [-0.05, 0) is 59.3 Å². The van der Waals surface area contributed by atoms with Crippen molar-refractivity contribution in [2.45, 2.75) is 20.0 Å². The molecule has 0 spiro atoms. The molecule has 0 radical (unpaired) electrons. The Balaban J connectivity index is 1.62. The van der Waals surface area contributed by atoms with E-state index in [1.165, 1.54) is 15.6 Å². The Morgan fingerprint density at radius 1 is 0.935 bits per heavy atom. The highest BCUT2D eigenvalue weighted by atomic mass is 32.1. The Bertz CT molecular complexity index is 1510. The van der Waals surface area contributed by atoms with Gasteiger partial charge < -0.3 is 5.11 Å². The van der Waals surface area contributed by atoms with Crippen LogP contribution in [-0.4, -0.2) is 20.2 Å². The van der Waals surface area contributed by atoms with Gasteiger partial charge in [-0.15, -0.1) is 11.3 Å². The number of carbonyl (C=O) groups is 1. The van der Waals surface area contributed by atoms with Crippen molar-refractivity contribution >= 4 is 38.4 Å². The van der Waals surface area contributed by atoms with Gasteiger partial charge >= 0.3 is 11.7 Å². The van der Waals surface area contributed by atoms with Crippen molar-refractivity contribution in [2.24, 2.45) is 0 Å². The maximum absolute atomic E-state index is 13.5. The van der Waals surface area contributed by atoms with Crippen LogP contribution in [0, 0.1) is 6.92 Å². The van der Waals surface area contributed by atoms with E-state index in [2.05, 4.69) is 30.5 Å². The molecule has 0 fully saturated rings. The second-order valence-electron chi connectivity index (χ2n) is 7.66. The predicted octanol–water partition coefficient (Wildman–Crippen LogP) is 5.12. The van der Waals surface area contributed by atoms with Crippen molar-refractivity contribution in [1.29, 1.82) is 0 Å². The van der Waals surface area contributed by atoms with Gasteiger partial charge in [-0.1, -0.05) is 36.4 Å². The molecular formula is C25H20N2O3S. The van der Waals surface area contributed by atoms with Crippen LogP contribution in [0.15, 0.2) is 76.9 Å². The summed E-state index contributed by atoms with van der Waals surface area (Å²) in [5.74, 6) is -0.976. The molecule has 0 aliphatic heterocycles. The summed E-state index contributed by atoms with van der Waals surface area (Å²) in [7, 11) is 0. The van der Waals surface area contributed by atoms with Crippen molar-refractivity contribution in [3.05, 3.63) is 105 Å². The number of fused-ring (bicyclic) bond motifs is 2. The number of nitrogens with zero attached hydrogens (tertiary/aromatic N) is 2. The molecule has 6 heteroatoms. The highest BCUT2D eigenvalue weighted by Gasteiger charge is 2.16. The number of rotatable bonds is 5. The number of thiophene rings is 1. The van der Waals surface area contributed by atoms with Crippen molar-refractivity contribution in [3.8, 4) is 0 Å². The van der Waals surface area contributed by atoms with Crippen LogP contribution in [0.4, 0.5) is 0 Å². The summed E-state index contributed by atoms with van der Waals surface area (Å²) in [6, 6.07) is 20.8. The lowest BCUT2D eigenvalue weighted by atomic mass is 10.1. The van der Waals surface area contributed by atoms with E-state index in [-0.39, 0.29) is 11.3 Å². The molecule has 5 aromatic rings. The molecule has 0 amide bonds. The van der Waals surface area contributed by atoms with E-state index >= 15 is 0 Å². The van der Waals surface area contributed by atoms with Crippen LogP contribution in [0.5, 0.6) is 0 Å². The number of aryl methyl sites for hydroxylation is 1. The van der Waals surface area contributed by atoms with Gasteiger partial charge in [0.2, 0.25) is 0 Å². The van der Waals surface area contributed by atoms with Gasteiger partial charge in [0.25, 0.3) is 0 Å². The van der Waals surface area contributed by atoms with E-state index in [1.54, 1.807) is 34.1 Å². The van der Waals surface area contributed by atoms with Gasteiger partial charge in [0.1, 0.15) is 0 Å². The summed E-state index contributed by atoms with van der Waals surface area (Å²) in [5, 5.41) is 12.6. The zero-order valence-electron chi connectivity index (χ0n) is 16.9. The molecule has 5 rings (SSSR count). The first-order valence-electron chi connectivity index (χ1n) is 9.99. The maximum Gasteiger partial charge on any atom is 0.335 e. The Labute approximate surface area is 182 Å². The molecule has 0 saturated heterocycles. The third kappa shape index (κ3) is 3.35. The van der Waals surface area contributed by atoms with E-state index in [1.807, 2.05) is 34.9 Å². The first kappa shape index (κ1) is 19.3. The number of para-hydroxylation sites is 2. The second-order valence-corrected chi connectivity index (χ2v) is 8.57. The molecule has 1 N–H and O–H groups in total. The molecule has 2 aromatic heterocycles. The van der Waals surface area contributed by atoms with Gasteiger partial charge in [0.15, 0.2) is 0 Å². The number of hydrogen-bond donors (Lipinski definition) is 1. The fourth-order valence-electron chi connectivity index (χ4n) is 4.19. The molecule has 0 atom stereocenters. The first-order valence-corrected chi connectivity index (χ1v) is 10.9. The molecular weight excluding hydrogens is 408 g/mol. The minimum Gasteiger partial charge on any atom is -0.478 e. The standard InChI is InChI=1S/C25H20N2O3S/c1-16-6-4-11-22-23(16)19(15-31-22)14-27-21-10-3-2-9-20(21)26(25(27)30)13-17-7-5-8-18(12-17)24(28)29/h2-12,15H,13-14H2,1H3,(H,28,29). The molecule has 0 unspecified atom stereocenters. The second kappa shape index (κ2) is 7.56. The van der Waals surface area contributed by atoms with Gasteiger partial charge in [0, 0.05) is 10.1 Å². The lowest BCUT2D eigenvalue weighted by Gasteiger charge is -2.05. The lowest BCUT2D eigenvalue weighted by Crippen LogP contribution is -2.25. The van der Waals surface area contributed by atoms with Crippen molar-refractivity contribution in [3.63, 3.8) is 0 Å². The fraction of sp³-hybridized carbons (Fsp3) is 0.120. The number of imidazole rings is 1. The average Bonchev–Trinajstić information content (AvgIpc) is 3.30. The monoisotopic (exact) mass is 428 g/mol. The van der Waals surface area contributed by atoms with Gasteiger partial charge in [-0.25, -0.2) is 9.59 Å². The van der Waals surface area contributed by atoms with Gasteiger partial charge in [-0.2, -0.15) is 0 Å². The molecule has 3 aromatic carbocycles. The number of benzene rings is 3. The third-order valence-electron chi connectivity index (χ3n) is 5.65. The topological polar surface area (TPSA) is 64.2 Å². The van der Waals surface area contributed by atoms with Crippen LogP contribution in [0.3, 0.4) is 0 Å². The lowest BCUT2D eigenvalue weighted by molar-refractivity contribution is 0.0696. The van der Waals surface area contributed by atoms with Crippen LogP contribution < -0.4 is 5.69 Å². The quantitative estimate of drug-likeness (QED) is 0.423. The maximum atomic E-state index is 13.5. The largest absolute Gasteiger partial charge is 0.478 e. The van der Waals surface area contributed by atoms with E-state index in [0.717, 1.165) is 22.2 Å². The van der Waals surface area contributed by atoms with Crippen molar-refractivity contribution < 1.29 is 9.90 Å². The number of aromatic nitrogens is 2. The molecule has 2 heterocycles. The summed E-state index contributed by atoms with van der Waals surface area (Å²) >= 11 is 1.69. The number of carboxylic acid groups (broad SMARTS) is 1. The van der Waals surface area contributed by atoms with Gasteiger partial charge in [-0.3, -0.25) is 9.13 Å². The summed E-state index contributed by atoms with van der Waals surface area (Å²) in [5.41, 5.74) is 4.94. The van der Waals surface area contributed by atoms with E-state index < -0.39 is 5.97 Å². The average molecular weight is 429 g/mol.